The van der Waals surface area contributed by atoms with Crippen LogP contribution < -0.4 is 0 Å². The zero-order chi connectivity index (χ0) is 6.69. The normalized spacial score (nSPS) is 63.4. The van der Waals surface area contributed by atoms with Crippen molar-refractivity contribution < 1.29 is 31.8 Å². The number of hydrogen-bond acceptors (Lipinski definition) is 7. The standard InChI is InChI=1S/CO7P2/c2-9-6-10(7-9,8-9)1(5-10)3-4-1. The Hall–Kier alpha value is 0.420. The second kappa shape index (κ2) is 0.827. The van der Waals surface area contributed by atoms with E-state index in [2.05, 4.69) is 9.78 Å². The van der Waals surface area contributed by atoms with Crippen LogP contribution in [0.1, 0.15) is 0 Å². The SMILES string of the molecule is O=P12OP3(OC34OO4)(O1)O2. The molecule has 7 nitrogen and oxygen atoms in total. The molecule has 0 amide bonds. The number of hydrogen-bond donors (Lipinski definition) is 0. The molecule has 0 aromatic heterocycles. The molecule has 10 heavy (non-hydrogen) atoms. The molecule has 5 rings (SSSR count). The molecule has 0 unspecified atom stereocenters. The zero-order valence-electron chi connectivity index (χ0n) is 4.25. The first-order valence-electron chi connectivity index (χ1n) is 2.46. The van der Waals surface area contributed by atoms with Gasteiger partial charge in [-0.3, -0.25) is 0 Å². The van der Waals surface area contributed by atoms with E-state index in [4.69, 9.17) is 17.5 Å². The quantitative estimate of drug-likeness (QED) is 0.316. The van der Waals surface area contributed by atoms with Crippen LogP contribution in [-0.4, -0.2) is 5.71 Å². The molecule has 2 spiro atoms. The molecule has 2 bridgehead atoms. The van der Waals surface area contributed by atoms with E-state index in [1.807, 2.05) is 0 Å². The van der Waals surface area contributed by atoms with Crippen LogP contribution in [-0.2, 0) is 31.8 Å². The van der Waals surface area contributed by atoms with Gasteiger partial charge in [-0.15, -0.1) is 0 Å². The van der Waals surface area contributed by atoms with Gasteiger partial charge >= 0.3 is 52.8 Å². The van der Waals surface area contributed by atoms with Gasteiger partial charge in [0.25, 0.3) is 0 Å². The van der Waals surface area contributed by atoms with Gasteiger partial charge < -0.3 is 0 Å². The van der Waals surface area contributed by atoms with E-state index < -0.39 is 21.0 Å². The summed E-state index contributed by atoms with van der Waals surface area (Å²) >= 11 is 0. The van der Waals surface area contributed by atoms with Gasteiger partial charge in [0.2, 0.25) is 0 Å². The summed E-state index contributed by atoms with van der Waals surface area (Å²) in [6.45, 7) is 0. The minimum absolute atomic E-state index is 1.24. The third kappa shape index (κ3) is 0.246. The molecule has 56 valence electrons. The van der Waals surface area contributed by atoms with Crippen molar-refractivity contribution in [3.63, 3.8) is 0 Å². The summed E-state index contributed by atoms with van der Waals surface area (Å²) in [4.78, 5) is 8.78. The van der Waals surface area contributed by atoms with E-state index in [1.54, 1.807) is 0 Å². The molecule has 0 aromatic carbocycles. The fraction of sp³-hybridized carbons (Fsp3) is 1.00. The first-order chi connectivity index (χ1) is 4.61. The summed E-state index contributed by atoms with van der Waals surface area (Å²) in [5.74, 6) is 0. The fourth-order valence-corrected chi connectivity index (χ4v) is 7.99. The monoisotopic (exact) mass is 186 g/mol. The van der Waals surface area contributed by atoms with Crippen LogP contribution in [0.2, 0.25) is 0 Å². The Morgan fingerprint density at radius 1 is 1.20 bits per heavy atom. The zero-order valence-corrected chi connectivity index (χ0v) is 6.04. The van der Waals surface area contributed by atoms with Gasteiger partial charge in [0, 0.05) is 0 Å². The molecule has 0 saturated carbocycles. The first-order valence-corrected chi connectivity index (χ1v) is 5.83. The van der Waals surface area contributed by atoms with E-state index in [-0.39, 0.29) is 0 Å². The average molecular weight is 186 g/mol. The summed E-state index contributed by atoms with van der Waals surface area (Å²) in [6.07, 6.45) is 0. The van der Waals surface area contributed by atoms with Crippen LogP contribution in [0.3, 0.4) is 0 Å². The van der Waals surface area contributed by atoms with Crippen LogP contribution in [0.25, 0.3) is 0 Å². The van der Waals surface area contributed by atoms with E-state index in [0.29, 0.717) is 0 Å². The van der Waals surface area contributed by atoms with Crippen molar-refractivity contribution in [1.29, 1.82) is 0 Å². The molecule has 5 heterocycles. The Morgan fingerprint density at radius 3 is 2.10 bits per heavy atom. The summed E-state index contributed by atoms with van der Waals surface area (Å²) in [5.41, 5.74) is -1.24. The van der Waals surface area contributed by atoms with Crippen molar-refractivity contribution in [3.05, 3.63) is 0 Å². The van der Waals surface area contributed by atoms with Crippen molar-refractivity contribution in [2.24, 2.45) is 0 Å². The van der Waals surface area contributed by atoms with E-state index in [1.165, 1.54) is 0 Å². The van der Waals surface area contributed by atoms with E-state index in [0.717, 1.165) is 0 Å². The fourth-order valence-electron chi connectivity index (χ4n) is 1.10. The Balaban J connectivity index is 1.91. The molecule has 0 radical (unpaired) electrons. The van der Waals surface area contributed by atoms with Gasteiger partial charge in [-0.05, 0) is 0 Å². The molecular weight excluding hydrogens is 186 g/mol. The van der Waals surface area contributed by atoms with Gasteiger partial charge in [0.05, 0.1) is 0 Å². The van der Waals surface area contributed by atoms with Crippen molar-refractivity contribution in [2.45, 2.75) is 5.71 Å². The average Bonchev–Trinajstić information content (AvgIpc) is 2.47. The molecule has 0 aromatic rings. The summed E-state index contributed by atoms with van der Waals surface area (Å²) < 4.78 is 29.7. The van der Waals surface area contributed by atoms with Crippen LogP contribution >= 0.6 is 15.3 Å². The molecule has 5 fully saturated rings. The first kappa shape index (κ1) is 5.13. The molecule has 0 aliphatic carbocycles. The predicted octanol–water partition coefficient (Wildman–Crippen LogP) is 0.988. The van der Waals surface area contributed by atoms with Crippen LogP contribution in [0.5, 0.6) is 0 Å². The van der Waals surface area contributed by atoms with Crippen LogP contribution in [0.4, 0.5) is 0 Å². The molecular formula is CO7P2. The predicted molar refractivity (Wildman–Crippen MR) is 23.8 cm³/mol. The second-order valence-corrected chi connectivity index (χ2v) is 7.50. The summed E-state index contributed by atoms with van der Waals surface area (Å²) in [6, 6.07) is 0. The second-order valence-electron chi connectivity index (χ2n) is 2.29. The Morgan fingerprint density at radius 2 is 1.80 bits per heavy atom. The minimum atomic E-state index is -3.41. The third-order valence-corrected chi connectivity index (χ3v) is 8.94. The molecule has 0 atom stereocenters. The topological polar surface area (TPSA) is 82.4 Å². The van der Waals surface area contributed by atoms with Gasteiger partial charge in [-0.2, -0.15) is 0 Å². The van der Waals surface area contributed by atoms with Gasteiger partial charge in [-0.25, -0.2) is 0 Å². The summed E-state index contributed by atoms with van der Waals surface area (Å²) in [7, 11) is -6.57. The molecule has 9 heteroatoms. The van der Waals surface area contributed by atoms with Crippen molar-refractivity contribution >= 4 is 15.3 Å². The van der Waals surface area contributed by atoms with Gasteiger partial charge in [0.15, 0.2) is 0 Å². The Bertz CT molecular complexity index is 286. The summed E-state index contributed by atoms with van der Waals surface area (Å²) in [5, 5.41) is 0. The van der Waals surface area contributed by atoms with E-state index >= 15 is 0 Å². The van der Waals surface area contributed by atoms with Crippen molar-refractivity contribution in [2.75, 3.05) is 0 Å². The molecule has 0 N–H and O–H groups in total. The van der Waals surface area contributed by atoms with Crippen molar-refractivity contribution in [3.8, 4) is 0 Å². The third-order valence-electron chi connectivity index (χ3n) is 1.64. The maximum atomic E-state index is 10.7. The number of phosphoric acid groups is 1. The molecule has 5 saturated heterocycles. The number of rotatable bonds is 0. The van der Waals surface area contributed by atoms with Gasteiger partial charge in [-0.1, -0.05) is 0 Å². The Kier molecular flexibility index (Phi) is 0.425. The molecule has 5 aliphatic heterocycles. The van der Waals surface area contributed by atoms with Gasteiger partial charge in [0.1, 0.15) is 0 Å². The maximum absolute atomic E-state index is 10.7. The van der Waals surface area contributed by atoms with E-state index in [9.17, 15) is 4.57 Å². The Labute approximate surface area is 53.9 Å². The van der Waals surface area contributed by atoms with Crippen molar-refractivity contribution in [1.82, 2.24) is 0 Å². The molecule has 5 aliphatic rings. The van der Waals surface area contributed by atoms with Crippen LogP contribution in [0, 0.1) is 0 Å². The van der Waals surface area contributed by atoms with Crippen LogP contribution in [0.15, 0.2) is 0 Å².